The van der Waals surface area contributed by atoms with E-state index in [9.17, 15) is 4.79 Å². The molecule has 1 heterocycles. The lowest BCUT2D eigenvalue weighted by atomic mass is 9.77. The summed E-state index contributed by atoms with van der Waals surface area (Å²) in [5, 5.41) is 3.17. The Balaban J connectivity index is 1.23. The average Bonchev–Trinajstić information content (AvgIpc) is 3.43. The predicted octanol–water partition coefficient (Wildman–Crippen LogP) is 3.10. The Morgan fingerprint density at radius 3 is 2.61 bits per heavy atom. The van der Waals surface area contributed by atoms with E-state index in [4.69, 9.17) is 9.47 Å². The Labute approximate surface area is 168 Å². The van der Waals surface area contributed by atoms with Gasteiger partial charge in [0.1, 0.15) is 5.75 Å². The maximum absolute atomic E-state index is 11.7. The number of carbonyl (C=O) groups excluding carboxylic acids is 1. The number of fused-ring (bicyclic) bond motifs is 1. The van der Waals surface area contributed by atoms with Crippen LogP contribution in [0.4, 0.5) is 0 Å². The first-order valence-corrected chi connectivity index (χ1v) is 11.0. The Hall–Kier alpha value is -1.59. The fraction of sp³-hybridized carbons (Fsp3) is 0.696. The third-order valence-electron chi connectivity index (χ3n) is 6.45. The monoisotopic (exact) mass is 386 g/mol. The highest BCUT2D eigenvalue weighted by molar-refractivity contribution is 5.73. The minimum absolute atomic E-state index is 0.0661. The van der Waals surface area contributed by atoms with Crippen LogP contribution in [-0.4, -0.2) is 55.8 Å². The highest BCUT2D eigenvalue weighted by Gasteiger charge is 2.43. The number of amides is 1. The quantitative estimate of drug-likeness (QED) is 0.663. The second-order valence-electron chi connectivity index (χ2n) is 8.89. The Bertz CT molecular complexity index is 634. The van der Waals surface area contributed by atoms with E-state index < -0.39 is 0 Å². The SMILES string of the molecule is CC(=O)N[C@@H]1C[C@@H]2CN(CCCOc3ccccc3)C[C@@H]2C[C@H]1OCC1CC1. The van der Waals surface area contributed by atoms with Crippen LogP contribution in [0.25, 0.3) is 0 Å². The molecule has 0 bridgehead atoms. The maximum atomic E-state index is 11.7. The Kier molecular flexibility index (Phi) is 6.53. The molecule has 3 aliphatic rings. The molecule has 3 fully saturated rings. The number of nitrogens with one attached hydrogen (secondary N) is 1. The van der Waals surface area contributed by atoms with Crippen LogP contribution in [0.5, 0.6) is 5.75 Å². The van der Waals surface area contributed by atoms with E-state index in [1.54, 1.807) is 6.92 Å². The minimum Gasteiger partial charge on any atom is -0.494 e. The highest BCUT2D eigenvalue weighted by Crippen LogP contribution is 2.39. The van der Waals surface area contributed by atoms with Gasteiger partial charge < -0.3 is 19.7 Å². The van der Waals surface area contributed by atoms with Crippen molar-refractivity contribution in [1.29, 1.82) is 0 Å². The number of carbonyl (C=O) groups is 1. The van der Waals surface area contributed by atoms with Crippen molar-refractivity contribution >= 4 is 5.91 Å². The lowest BCUT2D eigenvalue weighted by Crippen LogP contribution is -2.50. The number of likely N-dealkylation sites (tertiary alicyclic amines) is 1. The van der Waals surface area contributed by atoms with Gasteiger partial charge >= 0.3 is 0 Å². The Morgan fingerprint density at radius 2 is 1.89 bits per heavy atom. The van der Waals surface area contributed by atoms with E-state index in [1.807, 2.05) is 30.3 Å². The molecule has 4 rings (SSSR count). The lowest BCUT2D eigenvalue weighted by Gasteiger charge is -2.38. The summed E-state index contributed by atoms with van der Waals surface area (Å²) in [5.41, 5.74) is 0. The van der Waals surface area contributed by atoms with E-state index in [1.165, 1.54) is 12.8 Å². The largest absolute Gasteiger partial charge is 0.494 e. The van der Waals surface area contributed by atoms with Gasteiger partial charge in [-0.1, -0.05) is 18.2 Å². The van der Waals surface area contributed by atoms with Crippen LogP contribution in [0.2, 0.25) is 0 Å². The molecule has 2 aliphatic carbocycles. The van der Waals surface area contributed by atoms with Gasteiger partial charge in [0, 0.05) is 33.2 Å². The molecule has 5 nitrogen and oxygen atoms in total. The van der Waals surface area contributed by atoms with Gasteiger partial charge in [-0.2, -0.15) is 0 Å². The van der Waals surface area contributed by atoms with Crippen molar-refractivity contribution in [3.05, 3.63) is 30.3 Å². The van der Waals surface area contributed by atoms with Crippen molar-refractivity contribution in [2.24, 2.45) is 17.8 Å². The molecule has 154 valence electrons. The molecule has 1 aliphatic heterocycles. The van der Waals surface area contributed by atoms with Gasteiger partial charge in [-0.15, -0.1) is 0 Å². The predicted molar refractivity (Wildman–Crippen MR) is 109 cm³/mol. The number of hydrogen-bond donors (Lipinski definition) is 1. The van der Waals surface area contributed by atoms with E-state index in [0.29, 0.717) is 11.8 Å². The molecule has 5 heteroatoms. The molecule has 0 unspecified atom stereocenters. The zero-order valence-electron chi connectivity index (χ0n) is 17.0. The zero-order valence-corrected chi connectivity index (χ0v) is 17.0. The maximum Gasteiger partial charge on any atom is 0.217 e. The molecule has 0 radical (unpaired) electrons. The van der Waals surface area contributed by atoms with Crippen molar-refractivity contribution in [1.82, 2.24) is 10.2 Å². The molecule has 1 saturated heterocycles. The standard InChI is InChI=1S/C23H34N2O3/c1-17(26)24-22-12-19-14-25(10-5-11-27-21-6-3-2-4-7-21)15-20(19)13-23(22)28-16-18-8-9-18/h2-4,6-7,18-20,22-23H,5,8-16H2,1H3,(H,24,26)/t19-,20+,22-,23-/m1/s1. The van der Waals surface area contributed by atoms with Gasteiger partial charge in [-0.05, 0) is 62.0 Å². The van der Waals surface area contributed by atoms with Gasteiger partial charge in [0.05, 0.1) is 18.8 Å². The normalized spacial score (nSPS) is 30.0. The first kappa shape index (κ1) is 19.7. The fourth-order valence-corrected chi connectivity index (χ4v) is 4.83. The summed E-state index contributed by atoms with van der Waals surface area (Å²) in [7, 11) is 0. The Morgan fingerprint density at radius 1 is 1.14 bits per heavy atom. The minimum atomic E-state index is 0.0661. The van der Waals surface area contributed by atoms with Crippen LogP contribution in [0.15, 0.2) is 30.3 Å². The van der Waals surface area contributed by atoms with Crippen LogP contribution >= 0.6 is 0 Å². The van der Waals surface area contributed by atoms with E-state index in [-0.39, 0.29) is 18.1 Å². The van der Waals surface area contributed by atoms with Crippen LogP contribution in [0.1, 0.15) is 39.0 Å². The third kappa shape index (κ3) is 5.48. The molecular weight excluding hydrogens is 352 g/mol. The van der Waals surface area contributed by atoms with Gasteiger partial charge in [0.15, 0.2) is 0 Å². The van der Waals surface area contributed by atoms with Crippen LogP contribution in [-0.2, 0) is 9.53 Å². The summed E-state index contributed by atoms with van der Waals surface area (Å²) < 4.78 is 12.1. The van der Waals surface area contributed by atoms with Gasteiger partial charge in [0.2, 0.25) is 5.91 Å². The molecule has 2 saturated carbocycles. The molecule has 1 amide bonds. The first-order chi connectivity index (χ1) is 13.7. The zero-order chi connectivity index (χ0) is 19.3. The van der Waals surface area contributed by atoms with Crippen molar-refractivity contribution < 1.29 is 14.3 Å². The summed E-state index contributed by atoms with van der Waals surface area (Å²) in [5.74, 6) is 3.15. The third-order valence-corrected chi connectivity index (χ3v) is 6.45. The van der Waals surface area contributed by atoms with Gasteiger partial charge in [-0.3, -0.25) is 4.79 Å². The van der Waals surface area contributed by atoms with Crippen LogP contribution < -0.4 is 10.1 Å². The summed E-state index contributed by atoms with van der Waals surface area (Å²) in [6.07, 6.45) is 5.98. The molecule has 0 spiro atoms. The molecular formula is C23H34N2O3. The summed E-state index contributed by atoms with van der Waals surface area (Å²) in [6, 6.07) is 10.2. The summed E-state index contributed by atoms with van der Waals surface area (Å²) in [4.78, 5) is 14.2. The summed E-state index contributed by atoms with van der Waals surface area (Å²) >= 11 is 0. The number of para-hydroxylation sites is 1. The number of nitrogens with zero attached hydrogens (tertiary/aromatic N) is 1. The molecule has 0 aromatic heterocycles. The topological polar surface area (TPSA) is 50.8 Å². The number of benzene rings is 1. The summed E-state index contributed by atoms with van der Waals surface area (Å²) in [6.45, 7) is 6.64. The molecule has 28 heavy (non-hydrogen) atoms. The van der Waals surface area contributed by atoms with Gasteiger partial charge in [-0.25, -0.2) is 0 Å². The van der Waals surface area contributed by atoms with Crippen molar-refractivity contribution in [2.45, 2.75) is 51.2 Å². The molecule has 1 N–H and O–H groups in total. The number of rotatable bonds is 9. The number of ether oxygens (including phenoxy) is 2. The second kappa shape index (κ2) is 9.27. The van der Waals surface area contributed by atoms with E-state index in [2.05, 4.69) is 10.2 Å². The van der Waals surface area contributed by atoms with E-state index in [0.717, 1.165) is 63.8 Å². The average molecular weight is 387 g/mol. The molecule has 4 atom stereocenters. The van der Waals surface area contributed by atoms with Crippen LogP contribution in [0, 0.1) is 17.8 Å². The molecule has 1 aromatic carbocycles. The van der Waals surface area contributed by atoms with Crippen molar-refractivity contribution in [3.8, 4) is 5.75 Å². The molecule has 1 aromatic rings. The highest BCUT2D eigenvalue weighted by atomic mass is 16.5. The van der Waals surface area contributed by atoms with Crippen molar-refractivity contribution in [2.75, 3.05) is 32.8 Å². The number of hydrogen-bond acceptors (Lipinski definition) is 4. The fourth-order valence-electron chi connectivity index (χ4n) is 4.83. The van der Waals surface area contributed by atoms with Crippen molar-refractivity contribution in [3.63, 3.8) is 0 Å². The second-order valence-corrected chi connectivity index (χ2v) is 8.89. The van der Waals surface area contributed by atoms with Crippen LogP contribution in [0.3, 0.4) is 0 Å². The first-order valence-electron chi connectivity index (χ1n) is 11.0. The van der Waals surface area contributed by atoms with E-state index >= 15 is 0 Å². The lowest BCUT2D eigenvalue weighted by molar-refractivity contribution is -0.122. The van der Waals surface area contributed by atoms with Gasteiger partial charge in [0.25, 0.3) is 0 Å². The smallest absolute Gasteiger partial charge is 0.217 e.